The van der Waals surface area contributed by atoms with E-state index in [0.29, 0.717) is 29.8 Å². The summed E-state index contributed by atoms with van der Waals surface area (Å²) in [6, 6.07) is 1.69. The molecule has 0 radical (unpaired) electrons. The number of aryl methyl sites for hydroxylation is 1. The van der Waals surface area contributed by atoms with Gasteiger partial charge in [-0.3, -0.25) is 9.78 Å². The smallest absolute Gasteiger partial charge is 0.253 e. The van der Waals surface area contributed by atoms with E-state index in [1.54, 1.807) is 13.0 Å². The molecule has 0 spiro atoms. The van der Waals surface area contributed by atoms with Gasteiger partial charge >= 0.3 is 0 Å². The molecule has 0 aliphatic heterocycles. The first-order chi connectivity index (χ1) is 7.56. The number of hydrogen-bond donors (Lipinski definition) is 3. The van der Waals surface area contributed by atoms with Gasteiger partial charge in [-0.15, -0.1) is 0 Å². The van der Waals surface area contributed by atoms with Gasteiger partial charge in [-0.25, -0.2) is 0 Å². The van der Waals surface area contributed by atoms with Crippen molar-refractivity contribution in [1.29, 1.82) is 0 Å². The van der Waals surface area contributed by atoms with Gasteiger partial charge in [0, 0.05) is 6.04 Å². The lowest BCUT2D eigenvalue weighted by Gasteiger charge is -2.32. The number of carbonyl (C=O) groups excluding carboxylic acids is 1. The van der Waals surface area contributed by atoms with E-state index in [9.17, 15) is 4.79 Å². The molecule has 16 heavy (non-hydrogen) atoms. The average Bonchev–Trinajstić information content (AvgIpc) is 2.19. The molecule has 0 bridgehead atoms. The van der Waals surface area contributed by atoms with Crippen LogP contribution in [0.4, 0.5) is 5.69 Å². The highest BCUT2D eigenvalue weighted by atomic mass is 16.3. The van der Waals surface area contributed by atoms with E-state index in [-0.39, 0.29) is 18.1 Å². The quantitative estimate of drug-likeness (QED) is 0.666. The molecule has 1 fully saturated rings. The van der Waals surface area contributed by atoms with Crippen LogP contribution in [0.25, 0.3) is 0 Å². The first-order valence-electron chi connectivity index (χ1n) is 5.27. The molecule has 86 valence electrons. The summed E-state index contributed by atoms with van der Waals surface area (Å²) in [4.78, 5) is 15.9. The van der Waals surface area contributed by atoms with Gasteiger partial charge in [-0.1, -0.05) is 0 Å². The minimum absolute atomic E-state index is 0.0725. The highest BCUT2D eigenvalue weighted by molar-refractivity contribution is 5.96. The van der Waals surface area contributed by atoms with Crippen LogP contribution in [0.5, 0.6) is 0 Å². The molecule has 2 rings (SSSR count). The second kappa shape index (κ2) is 4.09. The van der Waals surface area contributed by atoms with Crippen LogP contribution in [0.2, 0.25) is 0 Å². The Labute approximate surface area is 93.7 Å². The van der Waals surface area contributed by atoms with Crippen LogP contribution in [0.15, 0.2) is 12.3 Å². The Morgan fingerprint density at radius 3 is 2.94 bits per heavy atom. The van der Waals surface area contributed by atoms with Crippen molar-refractivity contribution in [2.75, 3.05) is 5.73 Å². The maximum Gasteiger partial charge on any atom is 0.253 e. The van der Waals surface area contributed by atoms with E-state index in [4.69, 9.17) is 10.8 Å². The predicted molar refractivity (Wildman–Crippen MR) is 59.9 cm³/mol. The van der Waals surface area contributed by atoms with Crippen LogP contribution in [0.1, 0.15) is 28.9 Å². The number of aromatic nitrogens is 1. The molecule has 1 amide bonds. The molecule has 0 atom stereocenters. The normalized spacial score (nSPS) is 23.6. The predicted octanol–water partition coefficient (Wildman–Crippen LogP) is 0.225. The SMILES string of the molecule is Cc1ncc(N)cc1C(=O)NC1CC(O)C1. The number of hydrogen-bond acceptors (Lipinski definition) is 4. The fourth-order valence-corrected chi connectivity index (χ4v) is 1.75. The number of amides is 1. The Bertz CT molecular complexity index is 414. The molecule has 1 aromatic rings. The van der Waals surface area contributed by atoms with E-state index in [2.05, 4.69) is 10.3 Å². The molecule has 1 heterocycles. The van der Waals surface area contributed by atoms with Gasteiger partial charge in [0.05, 0.1) is 29.2 Å². The third kappa shape index (κ3) is 2.14. The van der Waals surface area contributed by atoms with Gasteiger partial charge in [0.25, 0.3) is 5.91 Å². The van der Waals surface area contributed by atoms with E-state index in [0.717, 1.165) is 0 Å². The third-order valence-electron chi connectivity index (χ3n) is 2.80. The number of aliphatic hydroxyl groups is 1. The first-order valence-corrected chi connectivity index (χ1v) is 5.27. The number of nitrogen functional groups attached to an aromatic ring is 1. The van der Waals surface area contributed by atoms with Crippen molar-refractivity contribution >= 4 is 11.6 Å². The third-order valence-corrected chi connectivity index (χ3v) is 2.80. The van der Waals surface area contributed by atoms with Crippen molar-refractivity contribution in [3.05, 3.63) is 23.5 Å². The van der Waals surface area contributed by atoms with Crippen LogP contribution >= 0.6 is 0 Å². The molecule has 4 N–H and O–H groups in total. The van der Waals surface area contributed by atoms with Crippen LogP contribution in [-0.4, -0.2) is 28.1 Å². The largest absolute Gasteiger partial charge is 0.397 e. The van der Waals surface area contributed by atoms with E-state index in [1.165, 1.54) is 6.20 Å². The molecule has 5 heteroatoms. The summed E-state index contributed by atoms with van der Waals surface area (Å²) in [5, 5.41) is 12.0. The Morgan fingerprint density at radius 2 is 2.31 bits per heavy atom. The molecule has 0 aromatic carbocycles. The highest BCUT2D eigenvalue weighted by Crippen LogP contribution is 2.20. The molecule has 1 aliphatic rings. The summed E-state index contributed by atoms with van der Waals surface area (Å²) < 4.78 is 0. The van der Waals surface area contributed by atoms with Gasteiger partial charge in [0.2, 0.25) is 0 Å². The fraction of sp³-hybridized carbons (Fsp3) is 0.455. The molecule has 1 saturated carbocycles. The number of carbonyl (C=O) groups is 1. The van der Waals surface area contributed by atoms with Gasteiger partial charge in [0.15, 0.2) is 0 Å². The second-order valence-corrected chi connectivity index (χ2v) is 4.20. The maximum atomic E-state index is 11.8. The average molecular weight is 221 g/mol. The summed E-state index contributed by atoms with van der Waals surface area (Å²) in [5.74, 6) is -0.172. The van der Waals surface area contributed by atoms with Crippen molar-refractivity contribution < 1.29 is 9.90 Å². The lowest BCUT2D eigenvalue weighted by Crippen LogP contribution is -2.46. The number of pyridine rings is 1. The van der Waals surface area contributed by atoms with Crippen molar-refractivity contribution in [2.45, 2.75) is 31.9 Å². The Morgan fingerprint density at radius 1 is 1.62 bits per heavy atom. The van der Waals surface area contributed by atoms with Crippen LogP contribution < -0.4 is 11.1 Å². The first kappa shape index (κ1) is 10.9. The summed E-state index contributed by atoms with van der Waals surface area (Å²) >= 11 is 0. The van der Waals surface area contributed by atoms with Crippen molar-refractivity contribution in [2.24, 2.45) is 0 Å². The Balaban J connectivity index is 2.05. The molecule has 1 aliphatic carbocycles. The van der Waals surface area contributed by atoms with Gasteiger partial charge < -0.3 is 16.2 Å². The molecule has 1 aromatic heterocycles. The van der Waals surface area contributed by atoms with Crippen LogP contribution in [0.3, 0.4) is 0 Å². The summed E-state index contributed by atoms with van der Waals surface area (Å²) in [6.07, 6.45) is 2.51. The number of nitrogens with zero attached hydrogens (tertiary/aromatic N) is 1. The molecule has 0 unspecified atom stereocenters. The second-order valence-electron chi connectivity index (χ2n) is 4.20. The number of rotatable bonds is 2. The highest BCUT2D eigenvalue weighted by Gasteiger charge is 2.29. The van der Waals surface area contributed by atoms with Gasteiger partial charge in [-0.2, -0.15) is 0 Å². The number of nitrogens with one attached hydrogen (secondary N) is 1. The minimum atomic E-state index is -0.273. The topological polar surface area (TPSA) is 88.2 Å². The van der Waals surface area contributed by atoms with Crippen molar-refractivity contribution in [1.82, 2.24) is 10.3 Å². The molecule has 0 saturated heterocycles. The van der Waals surface area contributed by atoms with Crippen molar-refractivity contribution in [3.8, 4) is 0 Å². The zero-order chi connectivity index (χ0) is 11.7. The van der Waals surface area contributed by atoms with Crippen LogP contribution in [0, 0.1) is 6.92 Å². The van der Waals surface area contributed by atoms with E-state index < -0.39 is 0 Å². The molecular formula is C11H15N3O2. The van der Waals surface area contributed by atoms with E-state index >= 15 is 0 Å². The van der Waals surface area contributed by atoms with Crippen molar-refractivity contribution in [3.63, 3.8) is 0 Å². The zero-order valence-corrected chi connectivity index (χ0v) is 9.10. The Hall–Kier alpha value is -1.62. The van der Waals surface area contributed by atoms with E-state index in [1.807, 2.05) is 0 Å². The molecule has 5 nitrogen and oxygen atoms in total. The maximum absolute atomic E-state index is 11.8. The summed E-state index contributed by atoms with van der Waals surface area (Å²) in [7, 11) is 0. The Kier molecular flexibility index (Phi) is 2.78. The molecular weight excluding hydrogens is 206 g/mol. The lowest BCUT2D eigenvalue weighted by atomic mass is 9.89. The summed E-state index contributed by atoms with van der Waals surface area (Å²) in [6.45, 7) is 1.77. The standard InChI is InChI=1S/C11H15N3O2/c1-6-10(2-7(12)5-13-6)11(16)14-8-3-9(15)4-8/h2,5,8-9,15H,3-4,12H2,1H3,(H,14,16). The zero-order valence-electron chi connectivity index (χ0n) is 9.10. The minimum Gasteiger partial charge on any atom is -0.397 e. The fourth-order valence-electron chi connectivity index (χ4n) is 1.75. The lowest BCUT2D eigenvalue weighted by molar-refractivity contribution is 0.0562. The number of anilines is 1. The summed E-state index contributed by atoms with van der Waals surface area (Å²) in [5.41, 5.74) is 7.22. The van der Waals surface area contributed by atoms with Crippen LogP contribution in [-0.2, 0) is 0 Å². The monoisotopic (exact) mass is 221 g/mol. The van der Waals surface area contributed by atoms with Gasteiger partial charge in [0.1, 0.15) is 0 Å². The number of aliphatic hydroxyl groups excluding tert-OH is 1. The number of nitrogens with two attached hydrogens (primary N) is 1. The van der Waals surface area contributed by atoms with Gasteiger partial charge in [-0.05, 0) is 25.8 Å².